The highest BCUT2D eigenvalue weighted by molar-refractivity contribution is 5.91. The van der Waals surface area contributed by atoms with Gasteiger partial charge >= 0.3 is 0 Å². The Morgan fingerprint density at radius 3 is 2.93 bits per heavy atom. The van der Waals surface area contributed by atoms with Gasteiger partial charge in [0.05, 0.1) is 0 Å². The Morgan fingerprint density at radius 2 is 2.33 bits per heavy atom. The maximum absolute atomic E-state index is 11.0. The Balaban J connectivity index is 1.94. The molecule has 1 aromatic rings. The van der Waals surface area contributed by atoms with Gasteiger partial charge in [-0.05, 0) is 31.8 Å². The number of rotatable bonds is 3. The van der Waals surface area contributed by atoms with Gasteiger partial charge in [-0.15, -0.1) is 0 Å². The van der Waals surface area contributed by atoms with Crippen LogP contribution in [-0.2, 0) is 6.42 Å². The maximum atomic E-state index is 11.0. The second kappa shape index (κ2) is 4.57. The average Bonchev–Trinajstić information content (AvgIpc) is 2.68. The number of carbonyl (C=O) groups excluding carboxylic acids is 1. The summed E-state index contributed by atoms with van der Waals surface area (Å²) in [4.78, 5) is 11.0. The lowest BCUT2D eigenvalue weighted by molar-refractivity contribution is 0.100. The second-order valence-electron chi connectivity index (χ2n) is 4.13. The summed E-state index contributed by atoms with van der Waals surface area (Å²) in [5, 5.41) is 7.06. The van der Waals surface area contributed by atoms with Crippen molar-refractivity contribution >= 4 is 5.78 Å². The van der Waals surface area contributed by atoms with E-state index < -0.39 is 0 Å². The third-order valence-corrected chi connectivity index (χ3v) is 2.87. The maximum Gasteiger partial charge on any atom is 0.181 e. The first-order chi connectivity index (χ1) is 7.25. The minimum absolute atomic E-state index is 0.0321. The van der Waals surface area contributed by atoms with Crippen molar-refractivity contribution < 1.29 is 9.32 Å². The highest BCUT2D eigenvalue weighted by Gasteiger charge is 2.16. The molecule has 15 heavy (non-hydrogen) atoms. The van der Waals surface area contributed by atoms with Crippen molar-refractivity contribution in [2.24, 2.45) is 5.92 Å². The number of nitrogens with zero attached hydrogens (tertiary/aromatic N) is 1. The average molecular weight is 208 g/mol. The number of nitrogens with one attached hydrogen (secondary N) is 1. The van der Waals surface area contributed by atoms with E-state index >= 15 is 0 Å². The highest BCUT2D eigenvalue weighted by Crippen LogP contribution is 2.18. The summed E-state index contributed by atoms with van der Waals surface area (Å²) in [6.07, 6.45) is 3.26. The Bertz CT molecular complexity index is 340. The minimum Gasteiger partial charge on any atom is -0.361 e. The Hall–Kier alpha value is -1.16. The van der Waals surface area contributed by atoms with Gasteiger partial charge in [0, 0.05) is 19.4 Å². The van der Waals surface area contributed by atoms with Crippen LogP contribution in [0.15, 0.2) is 10.6 Å². The van der Waals surface area contributed by atoms with Crippen molar-refractivity contribution in [1.82, 2.24) is 10.5 Å². The highest BCUT2D eigenvalue weighted by atomic mass is 16.5. The largest absolute Gasteiger partial charge is 0.361 e. The number of ketones is 1. The molecule has 82 valence electrons. The van der Waals surface area contributed by atoms with Gasteiger partial charge in [0.2, 0.25) is 0 Å². The van der Waals surface area contributed by atoms with Crippen LogP contribution < -0.4 is 5.32 Å². The Morgan fingerprint density at radius 1 is 1.60 bits per heavy atom. The third-order valence-electron chi connectivity index (χ3n) is 2.87. The molecule has 2 rings (SSSR count). The first kappa shape index (κ1) is 10.4. The number of carbonyl (C=O) groups is 1. The van der Waals surface area contributed by atoms with Crippen LogP contribution in [0.1, 0.15) is 36.0 Å². The van der Waals surface area contributed by atoms with Crippen LogP contribution in [0, 0.1) is 5.92 Å². The molecule has 2 heterocycles. The topological polar surface area (TPSA) is 55.1 Å². The van der Waals surface area contributed by atoms with Gasteiger partial charge in [0.15, 0.2) is 5.78 Å². The molecule has 1 fully saturated rings. The molecule has 1 saturated heterocycles. The first-order valence-corrected chi connectivity index (χ1v) is 5.43. The standard InChI is InChI=1S/C11H16N2O2/c1-8(14)11-7-10(15-13-11)6-9-2-4-12-5-3-9/h7,9,12H,2-6H2,1H3. The number of piperidine rings is 1. The molecule has 0 unspecified atom stereocenters. The van der Waals surface area contributed by atoms with Gasteiger partial charge in [0.1, 0.15) is 11.5 Å². The fraction of sp³-hybridized carbons (Fsp3) is 0.636. The minimum atomic E-state index is -0.0321. The molecule has 0 aromatic carbocycles. The van der Waals surface area contributed by atoms with Gasteiger partial charge in [-0.2, -0.15) is 0 Å². The fourth-order valence-corrected chi connectivity index (χ4v) is 1.95. The van der Waals surface area contributed by atoms with Crippen LogP contribution in [0.25, 0.3) is 0 Å². The van der Waals surface area contributed by atoms with Crippen molar-refractivity contribution in [3.05, 3.63) is 17.5 Å². The van der Waals surface area contributed by atoms with Crippen LogP contribution in [0.5, 0.6) is 0 Å². The molecule has 0 radical (unpaired) electrons. The number of hydrogen-bond donors (Lipinski definition) is 1. The molecule has 0 bridgehead atoms. The summed E-state index contributed by atoms with van der Waals surface area (Å²) in [5.74, 6) is 1.47. The molecular formula is C11H16N2O2. The van der Waals surface area contributed by atoms with Crippen LogP contribution in [0.4, 0.5) is 0 Å². The monoisotopic (exact) mass is 208 g/mol. The summed E-state index contributed by atoms with van der Waals surface area (Å²) < 4.78 is 5.14. The zero-order chi connectivity index (χ0) is 10.7. The van der Waals surface area contributed by atoms with Crippen LogP contribution in [-0.4, -0.2) is 24.0 Å². The summed E-state index contributed by atoms with van der Waals surface area (Å²) in [6.45, 7) is 3.67. The van der Waals surface area contributed by atoms with Crippen molar-refractivity contribution in [2.75, 3.05) is 13.1 Å². The molecule has 4 heteroatoms. The van der Waals surface area contributed by atoms with Crippen LogP contribution >= 0.6 is 0 Å². The predicted octanol–water partition coefficient (Wildman–Crippen LogP) is 1.42. The molecule has 0 saturated carbocycles. The molecule has 0 amide bonds. The fourth-order valence-electron chi connectivity index (χ4n) is 1.95. The van der Waals surface area contributed by atoms with E-state index in [4.69, 9.17) is 4.52 Å². The van der Waals surface area contributed by atoms with Crippen LogP contribution in [0.2, 0.25) is 0 Å². The Kier molecular flexibility index (Phi) is 3.16. The Labute approximate surface area is 89.0 Å². The number of hydrogen-bond acceptors (Lipinski definition) is 4. The van der Waals surface area contributed by atoms with E-state index in [9.17, 15) is 4.79 Å². The van der Waals surface area contributed by atoms with Gasteiger partial charge in [-0.3, -0.25) is 4.79 Å². The SMILES string of the molecule is CC(=O)c1cc(CC2CCNCC2)on1. The van der Waals surface area contributed by atoms with E-state index in [1.54, 1.807) is 6.07 Å². The van der Waals surface area contributed by atoms with E-state index in [0.29, 0.717) is 11.6 Å². The van der Waals surface area contributed by atoms with Crippen molar-refractivity contribution in [3.8, 4) is 0 Å². The molecule has 1 aliphatic rings. The van der Waals surface area contributed by atoms with Gasteiger partial charge in [-0.1, -0.05) is 5.16 Å². The molecule has 1 N–H and O–H groups in total. The summed E-state index contributed by atoms with van der Waals surface area (Å²) in [6, 6.07) is 1.77. The normalized spacial score (nSPS) is 17.9. The zero-order valence-electron chi connectivity index (χ0n) is 8.95. The smallest absolute Gasteiger partial charge is 0.181 e. The molecule has 0 atom stereocenters. The van der Waals surface area contributed by atoms with Crippen molar-refractivity contribution in [3.63, 3.8) is 0 Å². The lowest BCUT2D eigenvalue weighted by Crippen LogP contribution is -2.28. The number of Topliss-reactive ketones (excluding diaryl/α,β-unsaturated/α-hetero) is 1. The first-order valence-electron chi connectivity index (χ1n) is 5.43. The van der Waals surface area contributed by atoms with E-state index in [-0.39, 0.29) is 5.78 Å². The molecule has 1 aliphatic heterocycles. The quantitative estimate of drug-likeness (QED) is 0.763. The van der Waals surface area contributed by atoms with Gasteiger partial charge in [-0.25, -0.2) is 0 Å². The third kappa shape index (κ3) is 2.65. The van der Waals surface area contributed by atoms with Crippen LogP contribution in [0.3, 0.4) is 0 Å². The molecule has 4 nitrogen and oxygen atoms in total. The molecule has 1 aromatic heterocycles. The lowest BCUT2D eigenvalue weighted by Gasteiger charge is -2.21. The molecular weight excluding hydrogens is 192 g/mol. The molecule has 0 spiro atoms. The van der Waals surface area contributed by atoms with Gasteiger partial charge in [0.25, 0.3) is 0 Å². The van der Waals surface area contributed by atoms with Gasteiger partial charge < -0.3 is 9.84 Å². The molecule has 0 aliphatic carbocycles. The van der Waals surface area contributed by atoms with E-state index in [1.807, 2.05) is 0 Å². The second-order valence-corrected chi connectivity index (χ2v) is 4.13. The predicted molar refractivity (Wildman–Crippen MR) is 55.8 cm³/mol. The number of aromatic nitrogens is 1. The van der Waals surface area contributed by atoms with E-state index in [0.717, 1.165) is 25.3 Å². The summed E-state index contributed by atoms with van der Waals surface area (Å²) in [5.41, 5.74) is 0.443. The zero-order valence-corrected chi connectivity index (χ0v) is 8.95. The lowest BCUT2D eigenvalue weighted by atomic mass is 9.93. The van der Waals surface area contributed by atoms with Crippen molar-refractivity contribution in [1.29, 1.82) is 0 Å². The van der Waals surface area contributed by atoms with Crippen molar-refractivity contribution in [2.45, 2.75) is 26.2 Å². The summed E-state index contributed by atoms with van der Waals surface area (Å²) >= 11 is 0. The van der Waals surface area contributed by atoms with E-state index in [1.165, 1.54) is 19.8 Å². The summed E-state index contributed by atoms with van der Waals surface area (Å²) in [7, 11) is 0. The van der Waals surface area contributed by atoms with E-state index in [2.05, 4.69) is 10.5 Å².